The lowest BCUT2D eigenvalue weighted by molar-refractivity contribution is -0.141. The zero-order chi connectivity index (χ0) is 21.1. The summed E-state index contributed by atoms with van der Waals surface area (Å²) >= 11 is 1.35. The van der Waals surface area contributed by atoms with Crippen molar-refractivity contribution in [1.29, 1.82) is 0 Å². The minimum Gasteiger partial charge on any atom is -0.507 e. The summed E-state index contributed by atoms with van der Waals surface area (Å²) in [7, 11) is -1.54. The van der Waals surface area contributed by atoms with E-state index in [-0.39, 0.29) is 48.8 Å². The van der Waals surface area contributed by atoms with Gasteiger partial charge in [-0.15, -0.1) is 11.3 Å². The van der Waals surface area contributed by atoms with Gasteiger partial charge in [0.05, 0.1) is 29.9 Å². The van der Waals surface area contributed by atoms with Gasteiger partial charge in [0, 0.05) is 5.38 Å². The highest BCUT2D eigenvalue weighted by atomic mass is 32.1. The maximum Gasteiger partial charge on any atom is 0.451 e. The molecular weight excluding hydrogens is 401 g/mol. The Bertz CT molecular complexity index is 844. The molecule has 2 heterocycles. The van der Waals surface area contributed by atoms with Crippen molar-refractivity contribution in [3.63, 3.8) is 0 Å². The maximum absolute atomic E-state index is 12.4. The number of benzene rings is 1. The number of carbonyl (C=O) groups excluding carboxylic acids is 1. The lowest BCUT2D eigenvalue weighted by Gasteiger charge is -2.40. The maximum atomic E-state index is 12.4. The predicted octanol–water partition coefficient (Wildman–Crippen LogP) is -0.863. The van der Waals surface area contributed by atoms with Crippen molar-refractivity contribution >= 4 is 24.4 Å². The van der Waals surface area contributed by atoms with E-state index in [2.05, 4.69) is 4.98 Å². The van der Waals surface area contributed by atoms with Crippen LogP contribution in [0.5, 0.6) is 11.5 Å². The van der Waals surface area contributed by atoms with E-state index in [0.717, 1.165) is 0 Å². The third-order valence-electron chi connectivity index (χ3n) is 4.68. The molecule has 1 fully saturated rings. The van der Waals surface area contributed by atoms with Crippen LogP contribution >= 0.6 is 11.3 Å². The van der Waals surface area contributed by atoms with Crippen molar-refractivity contribution in [1.82, 2.24) is 9.88 Å². The molecule has 0 spiro atoms. The lowest BCUT2D eigenvalue weighted by atomic mass is 9.82. The number of aliphatic hydroxyl groups excluding tert-OH is 1. The monoisotopic (exact) mass is 423 g/mol. The number of nitrogens with two attached hydrogens (primary N) is 1. The van der Waals surface area contributed by atoms with Crippen molar-refractivity contribution in [3.05, 3.63) is 39.8 Å². The van der Waals surface area contributed by atoms with Crippen molar-refractivity contribution < 1.29 is 34.9 Å². The van der Waals surface area contributed by atoms with Gasteiger partial charge in [0.25, 0.3) is 0 Å². The number of thiazole rings is 1. The normalized spacial score (nSPS) is 15.3. The Morgan fingerprint density at radius 3 is 2.69 bits per heavy atom. The summed E-state index contributed by atoms with van der Waals surface area (Å²) in [5, 5.41) is 49.3. The van der Waals surface area contributed by atoms with Crippen LogP contribution in [0.1, 0.15) is 29.2 Å². The number of ether oxygens (including phenoxy) is 1. The molecule has 0 bridgehead atoms. The second kappa shape index (κ2) is 9.07. The van der Waals surface area contributed by atoms with Gasteiger partial charge in [-0.25, -0.2) is 4.98 Å². The van der Waals surface area contributed by atoms with Gasteiger partial charge >= 0.3 is 7.12 Å². The average Bonchev–Trinajstić information content (AvgIpc) is 3.16. The van der Waals surface area contributed by atoms with Gasteiger partial charge < -0.3 is 40.7 Å². The van der Waals surface area contributed by atoms with Crippen molar-refractivity contribution in [2.75, 3.05) is 13.1 Å². The van der Waals surface area contributed by atoms with E-state index in [1.165, 1.54) is 28.4 Å². The quantitative estimate of drug-likeness (QED) is 0.234. The first-order valence-corrected chi connectivity index (χ1v) is 9.88. The van der Waals surface area contributed by atoms with Gasteiger partial charge in [-0.2, -0.15) is 0 Å². The van der Waals surface area contributed by atoms with Crippen molar-refractivity contribution in [3.8, 4) is 11.5 Å². The van der Waals surface area contributed by atoms with E-state index in [4.69, 9.17) is 20.5 Å². The number of likely N-dealkylation sites (tertiary alicyclic amines) is 1. The van der Waals surface area contributed by atoms with E-state index in [1.807, 2.05) is 0 Å². The predicted molar refractivity (Wildman–Crippen MR) is 104 cm³/mol. The summed E-state index contributed by atoms with van der Waals surface area (Å²) in [6.07, 6.45) is -2.28. The van der Waals surface area contributed by atoms with Gasteiger partial charge in [-0.05, 0) is 24.4 Å². The molecule has 2 aromatic rings. The summed E-state index contributed by atoms with van der Waals surface area (Å²) in [6, 6.07) is 2.14. The summed E-state index contributed by atoms with van der Waals surface area (Å²) < 4.78 is 5.73. The smallest absolute Gasteiger partial charge is 0.451 e. The van der Waals surface area contributed by atoms with E-state index >= 15 is 0 Å². The summed E-state index contributed by atoms with van der Waals surface area (Å²) in [5.41, 5.74) is 8.14. The first-order valence-electron chi connectivity index (χ1n) is 8.94. The number of phenols is 1. The van der Waals surface area contributed by atoms with Crippen LogP contribution < -0.4 is 10.5 Å². The molecule has 1 aliphatic heterocycles. The molecule has 1 saturated heterocycles. The zero-order valence-electron chi connectivity index (χ0n) is 15.4. The number of nitrogens with zero attached hydrogens (tertiary/aromatic N) is 2. The molecule has 29 heavy (non-hydrogen) atoms. The Hall–Kier alpha value is -2.22. The van der Waals surface area contributed by atoms with Crippen molar-refractivity contribution in [2.45, 2.75) is 31.2 Å². The van der Waals surface area contributed by atoms with E-state index in [0.29, 0.717) is 11.3 Å². The zero-order valence-corrected chi connectivity index (χ0v) is 16.2. The highest BCUT2D eigenvalue weighted by molar-refractivity contribution is 7.07. The molecule has 12 heteroatoms. The van der Waals surface area contributed by atoms with Gasteiger partial charge in [0.15, 0.2) is 6.29 Å². The average molecular weight is 423 g/mol. The molecule has 10 nitrogen and oxygen atoms in total. The molecule has 1 aromatic carbocycles. The summed E-state index contributed by atoms with van der Waals surface area (Å²) in [4.78, 5) is 17.9. The molecule has 7 N–H and O–H groups in total. The number of aromatic nitrogens is 1. The SMILES string of the molecule is NC(C(=O)N1CC(Oc2ccc(CCB(O)O)c(O)c2C(O)O)C1)c1cscn1. The third-order valence-corrected chi connectivity index (χ3v) is 5.28. The molecule has 0 radical (unpaired) electrons. The summed E-state index contributed by atoms with van der Waals surface area (Å²) in [6.45, 7) is 0.522. The van der Waals surface area contributed by atoms with Gasteiger partial charge in [-0.1, -0.05) is 6.07 Å². The number of phenolic OH excluding ortho intramolecular Hbond substituents is 1. The molecular formula is C17H22BN3O7S. The lowest BCUT2D eigenvalue weighted by Crippen LogP contribution is -2.58. The number of carbonyl (C=O) groups is 1. The Morgan fingerprint density at radius 1 is 1.38 bits per heavy atom. The number of aryl methyl sites for hydroxylation is 1. The minimum atomic E-state index is -1.99. The van der Waals surface area contributed by atoms with E-state index in [1.54, 1.807) is 10.9 Å². The van der Waals surface area contributed by atoms with Crippen LogP contribution in [-0.2, 0) is 11.2 Å². The summed E-state index contributed by atoms with van der Waals surface area (Å²) in [5.74, 6) is -0.582. The van der Waals surface area contributed by atoms with E-state index < -0.39 is 25.6 Å². The molecule has 156 valence electrons. The fraction of sp³-hybridized carbons (Fsp3) is 0.412. The number of hydrogen-bond acceptors (Lipinski definition) is 10. The second-order valence-electron chi connectivity index (χ2n) is 6.75. The van der Waals surface area contributed by atoms with Gasteiger partial charge in [0.2, 0.25) is 5.91 Å². The Kier molecular flexibility index (Phi) is 6.72. The molecule has 1 unspecified atom stereocenters. The highest BCUT2D eigenvalue weighted by Crippen LogP contribution is 2.37. The first-order chi connectivity index (χ1) is 13.8. The Labute approximate surface area is 171 Å². The molecule has 1 aliphatic rings. The standard InChI is InChI=1S/C17H22BN3O7S/c19-14(11-7-29-8-20-11)16(23)21-5-10(6-21)28-12-2-1-9(3-4-18(26)27)15(22)13(12)17(24)25/h1-2,7-8,10,14,17,22,24-27H,3-6,19H2. The number of aliphatic hydroxyl groups is 2. The fourth-order valence-electron chi connectivity index (χ4n) is 3.04. The first kappa shape index (κ1) is 21.5. The van der Waals surface area contributed by atoms with Crippen LogP contribution in [0.2, 0.25) is 6.32 Å². The number of amides is 1. The molecule has 1 aromatic heterocycles. The van der Waals surface area contributed by atoms with Crippen molar-refractivity contribution in [2.24, 2.45) is 5.73 Å². The fourth-order valence-corrected chi connectivity index (χ4v) is 3.63. The van der Waals surface area contributed by atoms with Crippen LogP contribution in [0.15, 0.2) is 23.0 Å². The molecule has 0 saturated carbocycles. The number of hydrogen-bond donors (Lipinski definition) is 6. The minimum absolute atomic E-state index is 0.0202. The number of aromatic hydroxyl groups is 1. The Balaban J connectivity index is 1.64. The highest BCUT2D eigenvalue weighted by Gasteiger charge is 2.36. The topological polar surface area (TPSA) is 170 Å². The largest absolute Gasteiger partial charge is 0.507 e. The molecule has 3 rings (SSSR count). The van der Waals surface area contributed by atoms with Crippen LogP contribution in [0, 0.1) is 0 Å². The number of rotatable bonds is 8. The van der Waals surface area contributed by atoms with Crippen LogP contribution in [0.25, 0.3) is 0 Å². The van der Waals surface area contributed by atoms with Gasteiger partial charge in [0.1, 0.15) is 23.6 Å². The van der Waals surface area contributed by atoms with E-state index in [9.17, 15) is 20.1 Å². The van der Waals surface area contributed by atoms with Crippen LogP contribution in [-0.4, -0.2) is 67.5 Å². The second-order valence-corrected chi connectivity index (χ2v) is 7.47. The third kappa shape index (κ3) is 4.86. The molecule has 1 amide bonds. The van der Waals surface area contributed by atoms with Crippen LogP contribution in [0.3, 0.4) is 0 Å². The Morgan fingerprint density at radius 2 is 2.10 bits per heavy atom. The van der Waals surface area contributed by atoms with Gasteiger partial charge in [-0.3, -0.25) is 4.79 Å². The van der Waals surface area contributed by atoms with Crippen LogP contribution in [0.4, 0.5) is 0 Å². The molecule has 0 aliphatic carbocycles. The molecule has 1 atom stereocenters.